The van der Waals surface area contributed by atoms with Crippen LogP contribution in [0.2, 0.25) is 0 Å². The highest BCUT2D eigenvalue weighted by molar-refractivity contribution is 4.75. The van der Waals surface area contributed by atoms with E-state index < -0.39 is 6.10 Å². The van der Waals surface area contributed by atoms with Crippen LogP contribution in [0, 0.1) is 5.92 Å². The number of aliphatic hydroxyl groups is 3. The molecule has 0 aromatic carbocycles. The van der Waals surface area contributed by atoms with Crippen LogP contribution in [-0.4, -0.2) is 71.9 Å². The van der Waals surface area contributed by atoms with Gasteiger partial charge in [-0.3, -0.25) is 4.90 Å². The molecule has 0 spiro atoms. The largest absolute Gasteiger partial charge is 0.395 e. The van der Waals surface area contributed by atoms with Gasteiger partial charge in [0, 0.05) is 19.6 Å². The van der Waals surface area contributed by atoms with Gasteiger partial charge in [-0.25, -0.2) is 0 Å². The molecular formula is C13H27NO4. The molecule has 3 atom stereocenters. The lowest BCUT2D eigenvalue weighted by molar-refractivity contribution is -0.0338. The molecule has 0 radical (unpaired) electrons. The van der Waals surface area contributed by atoms with E-state index in [0.717, 1.165) is 6.42 Å². The zero-order valence-corrected chi connectivity index (χ0v) is 11.3. The van der Waals surface area contributed by atoms with Crippen molar-refractivity contribution in [1.82, 2.24) is 4.90 Å². The molecule has 0 bridgehead atoms. The van der Waals surface area contributed by atoms with E-state index >= 15 is 0 Å². The maximum Gasteiger partial charge on any atom is 0.0900 e. The normalized spacial score (nSPS) is 25.8. The highest BCUT2D eigenvalue weighted by Gasteiger charge is 2.24. The molecule has 0 saturated heterocycles. The Kier molecular flexibility index (Phi) is 7.77. The molecular weight excluding hydrogens is 234 g/mol. The Labute approximate surface area is 109 Å². The first-order chi connectivity index (χ1) is 8.67. The van der Waals surface area contributed by atoms with Crippen molar-refractivity contribution in [2.45, 2.75) is 38.4 Å². The van der Waals surface area contributed by atoms with Crippen molar-refractivity contribution in [2.24, 2.45) is 5.92 Å². The highest BCUT2D eigenvalue weighted by atomic mass is 16.5. The van der Waals surface area contributed by atoms with E-state index in [-0.39, 0.29) is 19.3 Å². The van der Waals surface area contributed by atoms with Crippen LogP contribution in [0.25, 0.3) is 0 Å². The molecule has 1 rings (SSSR count). The average molecular weight is 261 g/mol. The van der Waals surface area contributed by atoms with Crippen LogP contribution in [0.4, 0.5) is 0 Å². The van der Waals surface area contributed by atoms with Crippen molar-refractivity contribution in [3.63, 3.8) is 0 Å². The highest BCUT2D eigenvalue weighted by Crippen LogP contribution is 2.27. The molecule has 5 nitrogen and oxygen atoms in total. The lowest BCUT2D eigenvalue weighted by atomic mass is 10.1. The van der Waals surface area contributed by atoms with Crippen molar-refractivity contribution < 1.29 is 20.1 Å². The van der Waals surface area contributed by atoms with Crippen LogP contribution in [0.3, 0.4) is 0 Å². The van der Waals surface area contributed by atoms with E-state index in [1.165, 1.54) is 12.8 Å². The second-order valence-corrected chi connectivity index (χ2v) is 5.18. The molecule has 0 aromatic heterocycles. The van der Waals surface area contributed by atoms with Gasteiger partial charge in [0.25, 0.3) is 0 Å². The van der Waals surface area contributed by atoms with E-state index in [4.69, 9.17) is 14.9 Å². The summed E-state index contributed by atoms with van der Waals surface area (Å²) in [5, 5.41) is 27.6. The average Bonchev–Trinajstić information content (AvgIpc) is 2.73. The van der Waals surface area contributed by atoms with Crippen molar-refractivity contribution in [3.8, 4) is 0 Å². The van der Waals surface area contributed by atoms with E-state index in [0.29, 0.717) is 32.2 Å². The van der Waals surface area contributed by atoms with Crippen molar-refractivity contribution >= 4 is 0 Å². The maximum absolute atomic E-state index is 9.89. The van der Waals surface area contributed by atoms with E-state index in [1.807, 2.05) is 4.90 Å². The summed E-state index contributed by atoms with van der Waals surface area (Å²) in [6.45, 7) is 3.97. The van der Waals surface area contributed by atoms with Crippen LogP contribution in [0.5, 0.6) is 0 Å². The zero-order valence-electron chi connectivity index (χ0n) is 11.3. The van der Waals surface area contributed by atoms with Gasteiger partial charge in [-0.1, -0.05) is 13.3 Å². The Morgan fingerprint density at radius 3 is 2.39 bits per heavy atom. The molecule has 18 heavy (non-hydrogen) atoms. The number of ether oxygens (including phenoxy) is 1. The molecule has 0 aromatic rings. The summed E-state index contributed by atoms with van der Waals surface area (Å²) in [5.41, 5.74) is 0. The third-order valence-electron chi connectivity index (χ3n) is 3.59. The third-order valence-corrected chi connectivity index (χ3v) is 3.59. The first-order valence-corrected chi connectivity index (χ1v) is 6.91. The summed E-state index contributed by atoms with van der Waals surface area (Å²) in [5.74, 6) is 0.586. The smallest absolute Gasteiger partial charge is 0.0900 e. The van der Waals surface area contributed by atoms with Gasteiger partial charge < -0.3 is 20.1 Å². The number of aliphatic hydroxyl groups excluding tert-OH is 3. The SMILES string of the molecule is C[C@H]1CCC[C@@H]1OC[C@H](O)CN(CCO)CCO. The zero-order chi connectivity index (χ0) is 13.4. The van der Waals surface area contributed by atoms with Gasteiger partial charge in [0.2, 0.25) is 0 Å². The molecule has 1 aliphatic rings. The molecule has 3 N–H and O–H groups in total. The second-order valence-electron chi connectivity index (χ2n) is 5.18. The van der Waals surface area contributed by atoms with Crippen LogP contribution in [0.15, 0.2) is 0 Å². The van der Waals surface area contributed by atoms with Gasteiger partial charge in [-0.15, -0.1) is 0 Å². The molecule has 5 heteroatoms. The standard InChI is InChI=1S/C13H27NO4/c1-11-3-2-4-13(11)18-10-12(17)9-14(5-7-15)6-8-16/h11-13,15-17H,2-10H2,1H3/t11-,12+,13-/m0/s1. The molecule has 1 aliphatic carbocycles. The van der Waals surface area contributed by atoms with Gasteiger partial charge in [-0.2, -0.15) is 0 Å². The maximum atomic E-state index is 9.89. The predicted octanol–water partition coefficient (Wildman–Crippen LogP) is -0.161. The molecule has 0 heterocycles. The quantitative estimate of drug-likeness (QED) is 0.538. The summed E-state index contributed by atoms with van der Waals surface area (Å²) in [4.78, 5) is 1.84. The Morgan fingerprint density at radius 2 is 1.89 bits per heavy atom. The van der Waals surface area contributed by atoms with Gasteiger partial charge in [-0.05, 0) is 18.8 Å². The molecule has 1 saturated carbocycles. The van der Waals surface area contributed by atoms with Gasteiger partial charge in [0.1, 0.15) is 0 Å². The van der Waals surface area contributed by atoms with Crippen molar-refractivity contribution in [2.75, 3.05) is 39.5 Å². The van der Waals surface area contributed by atoms with E-state index in [2.05, 4.69) is 6.92 Å². The molecule has 1 fully saturated rings. The Morgan fingerprint density at radius 1 is 1.22 bits per heavy atom. The van der Waals surface area contributed by atoms with Crippen molar-refractivity contribution in [1.29, 1.82) is 0 Å². The second kappa shape index (κ2) is 8.82. The third kappa shape index (κ3) is 5.63. The lowest BCUT2D eigenvalue weighted by Gasteiger charge is -2.25. The van der Waals surface area contributed by atoms with Crippen LogP contribution < -0.4 is 0 Å². The minimum Gasteiger partial charge on any atom is -0.395 e. The summed E-state index contributed by atoms with van der Waals surface area (Å²) >= 11 is 0. The molecule has 108 valence electrons. The van der Waals surface area contributed by atoms with Gasteiger partial charge >= 0.3 is 0 Å². The Hall–Kier alpha value is -0.200. The molecule has 0 amide bonds. The fraction of sp³-hybridized carbons (Fsp3) is 1.00. The first kappa shape index (κ1) is 15.9. The van der Waals surface area contributed by atoms with E-state index in [1.54, 1.807) is 0 Å². The minimum absolute atomic E-state index is 0.0350. The summed E-state index contributed by atoms with van der Waals surface area (Å²) in [6, 6.07) is 0. The lowest BCUT2D eigenvalue weighted by Crippen LogP contribution is -2.39. The minimum atomic E-state index is -0.559. The number of nitrogens with zero attached hydrogens (tertiary/aromatic N) is 1. The Bertz CT molecular complexity index is 209. The fourth-order valence-corrected chi connectivity index (χ4v) is 2.52. The number of rotatable bonds is 9. The summed E-state index contributed by atoms with van der Waals surface area (Å²) in [6.07, 6.45) is 3.23. The number of hydrogen-bond donors (Lipinski definition) is 3. The van der Waals surface area contributed by atoms with Crippen LogP contribution in [0.1, 0.15) is 26.2 Å². The van der Waals surface area contributed by atoms with Crippen molar-refractivity contribution in [3.05, 3.63) is 0 Å². The monoisotopic (exact) mass is 261 g/mol. The summed E-state index contributed by atoms with van der Waals surface area (Å²) < 4.78 is 5.73. The van der Waals surface area contributed by atoms with Crippen LogP contribution in [-0.2, 0) is 4.74 Å². The molecule has 0 aliphatic heterocycles. The van der Waals surface area contributed by atoms with Gasteiger partial charge in [0.15, 0.2) is 0 Å². The first-order valence-electron chi connectivity index (χ1n) is 6.91. The topological polar surface area (TPSA) is 73.2 Å². The Balaban J connectivity index is 2.20. The van der Waals surface area contributed by atoms with E-state index in [9.17, 15) is 5.11 Å². The predicted molar refractivity (Wildman–Crippen MR) is 69.4 cm³/mol. The summed E-state index contributed by atoms with van der Waals surface area (Å²) in [7, 11) is 0. The fourth-order valence-electron chi connectivity index (χ4n) is 2.52. The van der Waals surface area contributed by atoms with Crippen LogP contribution >= 0.6 is 0 Å². The van der Waals surface area contributed by atoms with Gasteiger partial charge in [0.05, 0.1) is 32.0 Å². The molecule has 0 unspecified atom stereocenters. The number of hydrogen-bond acceptors (Lipinski definition) is 5.